The molecule has 0 aromatic heterocycles. The molecule has 2 nitrogen and oxygen atoms in total. The Bertz CT molecular complexity index is 341. The molecule has 0 bridgehead atoms. The highest BCUT2D eigenvalue weighted by Crippen LogP contribution is 2.26. The van der Waals surface area contributed by atoms with Gasteiger partial charge in [-0.3, -0.25) is 0 Å². The van der Waals surface area contributed by atoms with E-state index >= 15 is 0 Å². The maximum atomic E-state index is 5.84. The average molecular weight is 256 g/mol. The van der Waals surface area contributed by atoms with E-state index in [1.807, 2.05) is 6.07 Å². The van der Waals surface area contributed by atoms with Crippen molar-refractivity contribution in [1.82, 2.24) is 0 Å². The number of hydrogen-bond acceptors (Lipinski definition) is 2. The van der Waals surface area contributed by atoms with Crippen LogP contribution in [0.3, 0.4) is 0 Å². The summed E-state index contributed by atoms with van der Waals surface area (Å²) in [5.41, 5.74) is 6.45. The van der Waals surface area contributed by atoms with E-state index in [0.717, 1.165) is 12.2 Å². The van der Waals surface area contributed by atoms with Gasteiger partial charge in [0, 0.05) is 5.02 Å². The van der Waals surface area contributed by atoms with E-state index in [1.165, 1.54) is 25.7 Å². The molecule has 96 valence electrons. The third-order valence-corrected chi connectivity index (χ3v) is 3.00. The molecule has 0 spiro atoms. The van der Waals surface area contributed by atoms with Crippen LogP contribution in [0, 0.1) is 0 Å². The lowest BCUT2D eigenvalue weighted by atomic mass is 10.1. The highest BCUT2D eigenvalue weighted by Gasteiger charge is 2.07. The van der Waals surface area contributed by atoms with Crippen molar-refractivity contribution in [1.29, 1.82) is 0 Å². The molecule has 1 atom stereocenters. The Hall–Kier alpha value is -0.890. The van der Waals surface area contributed by atoms with Crippen LogP contribution in [0.15, 0.2) is 18.2 Å². The number of ether oxygens (including phenoxy) is 1. The molecule has 0 aliphatic rings. The molecular formula is C14H22ClNO. The first-order chi connectivity index (χ1) is 8.13. The zero-order chi connectivity index (χ0) is 12.7. The number of benzene rings is 1. The van der Waals surface area contributed by atoms with Gasteiger partial charge < -0.3 is 10.5 Å². The van der Waals surface area contributed by atoms with Gasteiger partial charge in [0.15, 0.2) is 0 Å². The Morgan fingerprint density at radius 1 is 1.29 bits per heavy atom. The van der Waals surface area contributed by atoms with Crippen LogP contribution in [0.5, 0.6) is 5.75 Å². The first kappa shape index (κ1) is 14.2. The predicted molar refractivity (Wildman–Crippen MR) is 74.7 cm³/mol. The van der Waals surface area contributed by atoms with Gasteiger partial charge in [0.1, 0.15) is 5.75 Å². The van der Waals surface area contributed by atoms with Crippen molar-refractivity contribution in [2.75, 3.05) is 5.73 Å². The molecular weight excluding hydrogens is 234 g/mol. The van der Waals surface area contributed by atoms with E-state index in [9.17, 15) is 0 Å². The van der Waals surface area contributed by atoms with Gasteiger partial charge in [-0.15, -0.1) is 0 Å². The van der Waals surface area contributed by atoms with Gasteiger partial charge in [-0.1, -0.05) is 37.8 Å². The van der Waals surface area contributed by atoms with Crippen LogP contribution in [0.25, 0.3) is 0 Å². The van der Waals surface area contributed by atoms with Crippen LogP contribution in [0.1, 0.15) is 46.0 Å². The summed E-state index contributed by atoms with van der Waals surface area (Å²) >= 11 is 5.84. The summed E-state index contributed by atoms with van der Waals surface area (Å²) in [6.07, 6.45) is 6.33. The van der Waals surface area contributed by atoms with Crippen molar-refractivity contribution in [3.8, 4) is 5.75 Å². The molecule has 1 aromatic rings. The first-order valence-electron chi connectivity index (χ1n) is 6.35. The van der Waals surface area contributed by atoms with Crippen molar-refractivity contribution in [3.63, 3.8) is 0 Å². The largest absolute Gasteiger partial charge is 0.489 e. The molecule has 17 heavy (non-hydrogen) atoms. The average Bonchev–Trinajstić information content (AvgIpc) is 2.28. The monoisotopic (exact) mass is 255 g/mol. The topological polar surface area (TPSA) is 35.2 Å². The smallest absolute Gasteiger partial charge is 0.142 e. The Balaban J connectivity index is 2.37. The summed E-state index contributed by atoms with van der Waals surface area (Å²) in [6.45, 7) is 4.30. The minimum absolute atomic E-state index is 0.204. The van der Waals surface area contributed by atoms with Gasteiger partial charge in [0.2, 0.25) is 0 Å². The molecule has 0 fully saturated rings. The fraction of sp³-hybridized carbons (Fsp3) is 0.571. The number of halogens is 1. The lowest BCUT2D eigenvalue weighted by Crippen LogP contribution is -2.12. The Morgan fingerprint density at radius 3 is 2.71 bits per heavy atom. The van der Waals surface area contributed by atoms with Crippen molar-refractivity contribution in [3.05, 3.63) is 23.2 Å². The third kappa shape index (κ3) is 5.31. The van der Waals surface area contributed by atoms with Gasteiger partial charge in [0.25, 0.3) is 0 Å². The summed E-state index contributed by atoms with van der Waals surface area (Å²) in [7, 11) is 0. The Morgan fingerprint density at radius 2 is 2.06 bits per heavy atom. The number of anilines is 1. The van der Waals surface area contributed by atoms with E-state index in [1.54, 1.807) is 12.1 Å². The van der Waals surface area contributed by atoms with E-state index < -0.39 is 0 Å². The second kappa shape index (κ2) is 7.44. The van der Waals surface area contributed by atoms with E-state index in [2.05, 4.69) is 13.8 Å². The summed E-state index contributed by atoms with van der Waals surface area (Å²) in [4.78, 5) is 0. The molecule has 0 saturated carbocycles. The van der Waals surface area contributed by atoms with Crippen LogP contribution >= 0.6 is 11.6 Å². The van der Waals surface area contributed by atoms with Crippen LogP contribution in [-0.2, 0) is 0 Å². The van der Waals surface area contributed by atoms with E-state index in [4.69, 9.17) is 22.1 Å². The Kier molecular flexibility index (Phi) is 6.20. The van der Waals surface area contributed by atoms with Crippen molar-refractivity contribution in [2.45, 2.75) is 52.1 Å². The molecule has 3 heteroatoms. The van der Waals surface area contributed by atoms with Crippen LogP contribution < -0.4 is 10.5 Å². The quantitative estimate of drug-likeness (QED) is 0.568. The second-order valence-corrected chi connectivity index (χ2v) is 4.90. The molecule has 0 aliphatic heterocycles. The highest BCUT2D eigenvalue weighted by atomic mass is 35.5. The number of nitrogens with two attached hydrogens (primary N) is 1. The molecule has 0 aliphatic carbocycles. The molecule has 0 saturated heterocycles. The fourth-order valence-electron chi connectivity index (χ4n) is 1.76. The van der Waals surface area contributed by atoms with Crippen molar-refractivity contribution < 1.29 is 4.74 Å². The molecule has 0 heterocycles. The highest BCUT2D eigenvalue weighted by molar-refractivity contribution is 6.30. The van der Waals surface area contributed by atoms with Crippen LogP contribution in [0.4, 0.5) is 5.69 Å². The van der Waals surface area contributed by atoms with Gasteiger partial charge in [-0.2, -0.15) is 0 Å². The minimum atomic E-state index is 0.204. The summed E-state index contributed by atoms with van der Waals surface area (Å²) in [5.74, 6) is 0.734. The van der Waals surface area contributed by atoms with E-state index in [-0.39, 0.29) is 6.10 Å². The zero-order valence-corrected chi connectivity index (χ0v) is 11.5. The van der Waals surface area contributed by atoms with Crippen LogP contribution in [-0.4, -0.2) is 6.10 Å². The molecule has 1 aromatic carbocycles. The van der Waals surface area contributed by atoms with Gasteiger partial charge >= 0.3 is 0 Å². The molecule has 1 rings (SSSR count). The van der Waals surface area contributed by atoms with Gasteiger partial charge in [0.05, 0.1) is 11.8 Å². The zero-order valence-electron chi connectivity index (χ0n) is 10.7. The fourth-order valence-corrected chi connectivity index (χ4v) is 1.94. The maximum absolute atomic E-state index is 5.84. The Labute approximate surface area is 109 Å². The number of hydrogen-bond donors (Lipinski definition) is 1. The lowest BCUT2D eigenvalue weighted by molar-refractivity contribution is 0.207. The number of unbranched alkanes of at least 4 members (excludes halogenated alkanes) is 3. The second-order valence-electron chi connectivity index (χ2n) is 4.46. The molecule has 0 unspecified atom stereocenters. The number of rotatable bonds is 7. The standard InChI is InChI=1S/C14H22ClNO/c1-3-4-5-6-7-11(2)17-14-9-8-12(15)10-13(14)16/h8-11H,3-7,16H2,1-2H3/t11-/m0/s1. The van der Waals surface area contributed by atoms with Crippen LogP contribution in [0.2, 0.25) is 5.02 Å². The minimum Gasteiger partial charge on any atom is -0.489 e. The lowest BCUT2D eigenvalue weighted by Gasteiger charge is -2.16. The normalized spacial score (nSPS) is 12.4. The predicted octanol–water partition coefficient (Wildman–Crippen LogP) is 4.66. The van der Waals surface area contributed by atoms with Gasteiger partial charge in [-0.25, -0.2) is 0 Å². The summed E-state index contributed by atoms with van der Waals surface area (Å²) in [5, 5.41) is 0.644. The van der Waals surface area contributed by atoms with Crippen molar-refractivity contribution in [2.24, 2.45) is 0 Å². The third-order valence-electron chi connectivity index (χ3n) is 2.76. The summed E-state index contributed by atoms with van der Waals surface area (Å²) in [6, 6.07) is 5.36. The van der Waals surface area contributed by atoms with Crippen molar-refractivity contribution >= 4 is 17.3 Å². The molecule has 0 radical (unpaired) electrons. The maximum Gasteiger partial charge on any atom is 0.142 e. The van der Waals surface area contributed by atoms with E-state index in [0.29, 0.717) is 10.7 Å². The molecule has 0 amide bonds. The van der Waals surface area contributed by atoms with Gasteiger partial charge in [-0.05, 0) is 38.0 Å². The SMILES string of the molecule is CCCCCC[C@H](C)Oc1ccc(Cl)cc1N. The number of nitrogen functional groups attached to an aromatic ring is 1. The summed E-state index contributed by atoms with van der Waals surface area (Å²) < 4.78 is 5.80. The first-order valence-corrected chi connectivity index (χ1v) is 6.73. The molecule has 2 N–H and O–H groups in total.